The van der Waals surface area contributed by atoms with E-state index in [-0.39, 0.29) is 11.3 Å². The quantitative estimate of drug-likeness (QED) is 0.860. The van der Waals surface area contributed by atoms with Crippen LogP contribution in [0.1, 0.15) is 25.8 Å². The molecule has 0 unspecified atom stereocenters. The number of rotatable bonds is 1. The van der Waals surface area contributed by atoms with E-state index < -0.39 is 0 Å². The zero-order valence-electron chi connectivity index (χ0n) is 9.56. The molecule has 4 heteroatoms. The molecule has 0 aliphatic carbocycles. The lowest BCUT2D eigenvalue weighted by Crippen LogP contribution is -2.32. The van der Waals surface area contributed by atoms with E-state index in [1.165, 1.54) is 0 Å². The smallest absolute Gasteiger partial charge is 0.225 e. The maximum Gasteiger partial charge on any atom is 0.225 e. The molecule has 0 fully saturated rings. The molecule has 2 rings (SSSR count). The van der Waals surface area contributed by atoms with Crippen LogP contribution in [-0.4, -0.2) is 13.0 Å². The third kappa shape index (κ3) is 1.82. The van der Waals surface area contributed by atoms with Crippen LogP contribution in [0, 0.1) is 0 Å². The Morgan fingerprint density at radius 3 is 2.75 bits per heavy atom. The van der Waals surface area contributed by atoms with Gasteiger partial charge >= 0.3 is 0 Å². The predicted molar refractivity (Wildman–Crippen MR) is 67.0 cm³/mol. The highest BCUT2D eigenvalue weighted by Crippen LogP contribution is 2.41. The molecule has 1 N–H and O–H groups in total. The second-order valence-corrected chi connectivity index (χ2v) is 5.50. The lowest BCUT2D eigenvalue weighted by Gasteiger charge is -2.32. The first-order valence-corrected chi connectivity index (χ1v) is 5.91. The number of ether oxygens (including phenoxy) is 1. The van der Waals surface area contributed by atoms with Crippen LogP contribution in [0.3, 0.4) is 0 Å². The van der Waals surface area contributed by atoms with Gasteiger partial charge in [-0.2, -0.15) is 0 Å². The minimum absolute atomic E-state index is 0.0573. The summed E-state index contributed by atoms with van der Waals surface area (Å²) >= 11 is 3.46. The molecule has 0 bridgehead atoms. The second kappa shape index (κ2) is 3.77. The molecule has 0 saturated carbocycles. The molecular formula is C12H14BrNO2. The number of carbonyl (C=O) groups is 1. The Kier molecular flexibility index (Phi) is 2.70. The van der Waals surface area contributed by atoms with Crippen LogP contribution in [0.5, 0.6) is 5.75 Å². The van der Waals surface area contributed by atoms with Gasteiger partial charge in [-0.05, 0) is 27.6 Å². The molecule has 1 heterocycles. The standard InChI is InChI=1S/C12H14BrNO2/c1-12(2)6-11(15)14-9-5-10(16-3)8(13)4-7(9)12/h4-5H,6H2,1-3H3,(H,14,15). The van der Waals surface area contributed by atoms with Crippen molar-refractivity contribution in [2.75, 3.05) is 12.4 Å². The van der Waals surface area contributed by atoms with Crippen molar-refractivity contribution in [2.45, 2.75) is 25.7 Å². The van der Waals surface area contributed by atoms with Crippen molar-refractivity contribution < 1.29 is 9.53 Å². The molecule has 1 amide bonds. The molecule has 3 nitrogen and oxygen atoms in total. The summed E-state index contributed by atoms with van der Waals surface area (Å²) in [6.07, 6.45) is 0.513. The van der Waals surface area contributed by atoms with Gasteiger partial charge in [-0.3, -0.25) is 4.79 Å². The summed E-state index contributed by atoms with van der Waals surface area (Å²) in [5, 5.41) is 2.88. The van der Waals surface area contributed by atoms with Gasteiger partial charge in [0.1, 0.15) is 5.75 Å². The minimum atomic E-state index is -0.132. The minimum Gasteiger partial charge on any atom is -0.495 e. The van der Waals surface area contributed by atoms with Crippen LogP contribution in [0.25, 0.3) is 0 Å². The fourth-order valence-electron chi connectivity index (χ4n) is 2.06. The number of methoxy groups -OCH3 is 1. The number of hydrogen-bond donors (Lipinski definition) is 1. The normalized spacial score (nSPS) is 17.6. The highest BCUT2D eigenvalue weighted by Gasteiger charge is 2.32. The third-order valence-corrected chi connectivity index (χ3v) is 3.52. The zero-order chi connectivity index (χ0) is 11.9. The molecular weight excluding hydrogens is 270 g/mol. The van der Waals surface area contributed by atoms with E-state index >= 15 is 0 Å². The summed E-state index contributed by atoms with van der Waals surface area (Å²) in [6, 6.07) is 3.88. The maximum absolute atomic E-state index is 11.6. The van der Waals surface area contributed by atoms with Gasteiger partial charge in [-0.15, -0.1) is 0 Å². The van der Waals surface area contributed by atoms with E-state index in [2.05, 4.69) is 35.1 Å². The van der Waals surface area contributed by atoms with Crippen LogP contribution in [0.15, 0.2) is 16.6 Å². The third-order valence-electron chi connectivity index (χ3n) is 2.90. The summed E-state index contributed by atoms with van der Waals surface area (Å²) < 4.78 is 6.13. The highest BCUT2D eigenvalue weighted by molar-refractivity contribution is 9.10. The Hall–Kier alpha value is -1.03. The number of carbonyl (C=O) groups excluding carboxylic acids is 1. The number of amides is 1. The number of anilines is 1. The van der Waals surface area contributed by atoms with Gasteiger partial charge in [-0.25, -0.2) is 0 Å². The average molecular weight is 284 g/mol. The van der Waals surface area contributed by atoms with Crippen molar-refractivity contribution >= 4 is 27.5 Å². The highest BCUT2D eigenvalue weighted by atomic mass is 79.9. The van der Waals surface area contributed by atoms with Crippen LogP contribution in [0.2, 0.25) is 0 Å². The van der Waals surface area contributed by atoms with E-state index in [1.54, 1.807) is 7.11 Å². The van der Waals surface area contributed by atoms with Crippen molar-refractivity contribution in [3.8, 4) is 5.75 Å². The average Bonchev–Trinajstić information content (AvgIpc) is 2.17. The fourth-order valence-corrected chi connectivity index (χ4v) is 2.57. The van der Waals surface area contributed by atoms with Gasteiger partial charge in [0.05, 0.1) is 11.6 Å². The number of halogens is 1. The van der Waals surface area contributed by atoms with Gasteiger partial charge in [0, 0.05) is 23.6 Å². The fraction of sp³-hybridized carbons (Fsp3) is 0.417. The van der Waals surface area contributed by atoms with E-state index in [9.17, 15) is 4.79 Å². The second-order valence-electron chi connectivity index (χ2n) is 4.64. The number of benzene rings is 1. The molecule has 86 valence electrons. The predicted octanol–water partition coefficient (Wildman–Crippen LogP) is 3.08. The lowest BCUT2D eigenvalue weighted by atomic mass is 9.78. The molecule has 1 aromatic carbocycles. The Morgan fingerprint density at radius 1 is 1.44 bits per heavy atom. The Labute approximate surface area is 103 Å². The molecule has 0 aromatic heterocycles. The summed E-state index contributed by atoms with van der Waals surface area (Å²) in [4.78, 5) is 11.6. The largest absolute Gasteiger partial charge is 0.495 e. The molecule has 1 aromatic rings. The number of fused-ring (bicyclic) bond motifs is 1. The van der Waals surface area contributed by atoms with Gasteiger partial charge < -0.3 is 10.1 Å². The van der Waals surface area contributed by atoms with Crippen molar-refractivity contribution in [2.24, 2.45) is 0 Å². The Balaban J connectivity index is 2.59. The zero-order valence-corrected chi connectivity index (χ0v) is 11.1. The number of nitrogens with one attached hydrogen (secondary N) is 1. The monoisotopic (exact) mass is 283 g/mol. The summed E-state index contributed by atoms with van der Waals surface area (Å²) in [5.74, 6) is 0.790. The Morgan fingerprint density at radius 2 is 2.12 bits per heavy atom. The molecule has 1 aliphatic heterocycles. The van der Waals surface area contributed by atoms with E-state index in [4.69, 9.17) is 4.74 Å². The first-order valence-electron chi connectivity index (χ1n) is 5.12. The molecule has 0 spiro atoms. The van der Waals surface area contributed by atoms with Crippen LogP contribution in [0.4, 0.5) is 5.69 Å². The SMILES string of the molecule is COc1cc2c(cc1Br)C(C)(C)CC(=O)N2. The first-order chi connectivity index (χ1) is 7.44. The van der Waals surface area contributed by atoms with Gasteiger partial charge in [0.2, 0.25) is 5.91 Å². The van der Waals surface area contributed by atoms with E-state index in [0.29, 0.717) is 6.42 Å². The van der Waals surface area contributed by atoms with Crippen molar-refractivity contribution in [3.63, 3.8) is 0 Å². The van der Waals surface area contributed by atoms with Gasteiger partial charge in [0.25, 0.3) is 0 Å². The Bertz CT molecular complexity index is 455. The van der Waals surface area contributed by atoms with Crippen LogP contribution >= 0.6 is 15.9 Å². The van der Waals surface area contributed by atoms with Gasteiger partial charge in [0.15, 0.2) is 0 Å². The first kappa shape index (κ1) is 11.5. The van der Waals surface area contributed by atoms with Crippen molar-refractivity contribution in [1.82, 2.24) is 0 Å². The van der Waals surface area contributed by atoms with Gasteiger partial charge in [-0.1, -0.05) is 13.8 Å². The van der Waals surface area contributed by atoms with E-state index in [0.717, 1.165) is 21.5 Å². The van der Waals surface area contributed by atoms with Crippen molar-refractivity contribution in [1.29, 1.82) is 0 Å². The van der Waals surface area contributed by atoms with E-state index in [1.807, 2.05) is 12.1 Å². The summed E-state index contributed by atoms with van der Waals surface area (Å²) in [5.41, 5.74) is 1.85. The summed E-state index contributed by atoms with van der Waals surface area (Å²) in [6.45, 7) is 4.15. The maximum atomic E-state index is 11.6. The molecule has 0 saturated heterocycles. The van der Waals surface area contributed by atoms with Crippen LogP contribution < -0.4 is 10.1 Å². The molecule has 0 radical (unpaired) electrons. The number of hydrogen-bond acceptors (Lipinski definition) is 2. The summed E-state index contributed by atoms with van der Waals surface area (Å²) in [7, 11) is 1.61. The van der Waals surface area contributed by atoms with Crippen LogP contribution in [-0.2, 0) is 10.2 Å². The molecule has 16 heavy (non-hydrogen) atoms. The lowest BCUT2D eigenvalue weighted by molar-refractivity contribution is -0.117. The molecule has 1 aliphatic rings. The molecule has 0 atom stereocenters. The topological polar surface area (TPSA) is 38.3 Å². The van der Waals surface area contributed by atoms with Crippen molar-refractivity contribution in [3.05, 3.63) is 22.2 Å².